The van der Waals surface area contributed by atoms with Gasteiger partial charge in [0.15, 0.2) is 0 Å². The van der Waals surface area contributed by atoms with E-state index in [-0.39, 0.29) is 0 Å². The van der Waals surface area contributed by atoms with Crippen molar-refractivity contribution in [2.75, 3.05) is 7.11 Å². The summed E-state index contributed by atoms with van der Waals surface area (Å²) in [5.74, 6) is 0.832. The monoisotopic (exact) mass is 205 g/mol. The van der Waals surface area contributed by atoms with Crippen LogP contribution < -0.4 is 10.5 Å². The number of nitrogens with two attached hydrogens (primary N) is 1. The number of nitrogens with zero attached hydrogens (tertiary/aromatic N) is 2. The molecule has 1 aromatic heterocycles. The van der Waals surface area contributed by atoms with E-state index in [0.29, 0.717) is 6.54 Å². The van der Waals surface area contributed by atoms with Crippen LogP contribution in [0.4, 0.5) is 0 Å². The molecule has 0 fully saturated rings. The van der Waals surface area contributed by atoms with Gasteiger partial charge >= 0.3 is 0 Å². The molecule has 15 heavy (non-hydrogen) atoms. The van der Waals surface area contributed by atoms with Gasteiger partial charge in [-0.25, -0.2) is 0 Å². The van der Waals surface area contributed by atoms with Crippen molar-refractivity contribution in [1.82, 2.24) is 9.78 Å². The molecule has 4 nitrogen and oxygen atoms in total. The zero-order chi connectivity index (χ0) is 11.0. The molecule has 0 aliphatic carbocycles. The molecule has 0 saturated heterocycles. The van der Waals surface area contributed by atoms with Crippen LogP contribution in [0.15, 0.2) is 12.1 Å². The van der Waals surface area contributed by atoms with E-state index in [9.17, 15) is 0 Å². The van der Waals surface area contributed by atoms with Crippen LogP contribution in [0.1, 0.15) is 11.3 Å². The van der Waals surface area contributed by atoms with Gasteiger partial charge in [-0.15, -0.1) is 0 Å². The fraction of sp³-hybridized carbons (Fsp3) is 0.364. The quantitative estimate of drug-likeness (QED) is 0.805. The molecule has 0 bridgehead atoms. The third-order valence-electron chi connectivity index (χ3n) is 2.65. The Morgan fingerprint density at radius 3 is 2.80 bits per heavy atom. The van der Waals surface area contributed by atoms with Gasteiger partial charge < -0.3 is 10.5 Å². The molecule has 2 aromatic rings. The molecular weight excluding hydrogens is 190 g/mol. The van der Waals surface area contributed by atoms with Crippen molar-refractivity contribution in [2.24, 2.45) is 12.8 Å². The number of hydrogen-bond acceptors (Lipinski definition) is 3. The fourth-order valence-corrected chi connectivity index (χ4v) is 1.94. The van der Waals surface area contributed by atoms with Gasteiger partial charge in [-0.2, -0.15) is 5.10 Å². The van der Waals surface area contributed by atoms with Gasteiger partial charge in [-0.05, 0) is 6.92 Å². The molecule has 0 saturated carbocycles. The SMILES string of the molecule is COc1c(CN)ccc2c(C)nn(C)c12. The molecule has 0 unspecified atom stereocenters. The maximum Gasteiger partial charge on any atom is 0.149 e. The summed E-state index contributed by atoms with van der Waals surface area (Å²) in [6.45, 7) is 2.47. The topological polar surface area (TPSA) is 53.1 Å². The summed E-state index contributed by atoms with van der Waals surface area (Å²) in [6, 6.07) is 4.04. The number of ether oxygens (including phenoxy) is 1. The third-order valence-corrected chi connectivity index (χ3v) is 2.65. The lowest BCUT2D eigenvalue weighted by Crippen LogP contribution is -2.01. The van der Waals surface area contributed by atoms with Crippen LogP contribution in [-0.4, -0.2) is 16.9 Å². The van der Waals surface area contributed by atoms with E-state index in [1.54, 1.807) is 7.11 Å². The molecule has 0 aliphatic rings. The van der Waals surface area contributed by atoms with E-state index in [4.69, 9.17) is 10.5 Å². The Labute approximate surface area is 88.6 Å². The first-order valence-corrected chi connectivity index (χ1v) is 4.88. The van der Waals surface area contributed by atoms with Crippen LogP contribution in [0.5, 0.6) is 5.75 Å². The van der Waals surface area contributed by atoms with Crippen LogP contribution in [0.3, 0.4) is 0 Å². The van der Waals surface area contributed by atoms with Gasteiger partial charge in [0.05, 0.1) is 12.8 Å². The highest BCUT2D eigenvalue weighted by atomic mass is 16.5. The van der Waals surface area contributed by atoms with Crippen LogP contribution in [0.25, 0.3) is 10.9 Å². The van der Waals surface area contributed by atoms with E-state index >= 15 is 0 Å². The minimum absolute atomic E-state index is 0.476. The molecule has 2 N–H and O–H groups in total. The lowest BCUT2D eigenvalue weighted by atomic mass is 10.1. The first-order chi connectivity index (χ1) is 7.19. The predicted molar refractivity (Wildman–Crippen MR) is 59.9 cm³/mol. The van der Waals surface area contributed by atoms with Crippen molar-refractivity contribution < 1.29 is 4.74 Å². The Balaban J connectivity index is 2.86. The molecule has 80 valence electrons. The number of rotatable bonds is 2. The Bertz CT molecular complexity index is 502. The molecule has 0 atom stereocenters. The zero-order valence-electron chi connectivity index (χ0n) is 9.24. The zero-order valence-corrected chi connectivity index (χ0v) is 9.24. The van der Waals surface area contributed by atoms with E-state index in [1.807, 2.05) is 30.8 Å². The van der Waals surface area contributed by atoms with Gasteiger partial charge in [-0.1, -0.05) is 12.1 Å². The number of fused-ring (bicyclic) bond motifs is 1. The number of methoxy groups -OCH3 is 1. The van der Waals surface area contributed by atoms with Gasteiger partial charge in [0, 0.05) is 24.5 Å². The summed E-state index contributed by atoms with van der Waals surface area (Å²) < 4.78 is 7.24. The average molecular weight is 205 g/mol. The predicted octanol–water partition coefficient (Wildman–Crippen LogP) is 1.35. The molecule has 0 amide bonds. The maximum atomic E-state index is 5.66. The molecule has 0 aliphatic heterocycles. The minimum atomic E-state index is 0.476. The molecule has 0 radical (unpaired) electrons. The Morgan fingerprint density at radius 1 is 1.47 bits per heavy atom. The number of aryl methyl sites for hydroxylation is 2. The summed E-state index contributed by atoms with van der Waals surface area (Å²) in [6.07, 6.45) is 0. The normalized spacial score (nSPS) is 10.9. The Hall–Kier alpha value is -1.55. The summed E-state index contributed by atoms with van der Waals surface area (Å²) in [7, 11) is 3.58. The van der Waals surface area contributed by atoms with Crippen molar-refractivity contribution in [3.8, 4) is 5.75 Å². The second kappa shape index (κ2) is 3.55. The van der Waals surface area contributed by atoms with Crippen molar-refractivity contribution in [3.05, 3.63) is 23.4 Å². The van der Waals surface area contributed by atoms with E-state index in [0.717, 1.165) is 27.9 Å². The summed E-state index contributed by atoms with van der Waals surface area (Å²) >= 11 is 0. The highest BCUT2D eigenvalue weighted by Crippen LogP contribution is 2.30. The molecule has 1 heterocycles. The average Bonchev–Trinajstić information content (AvgIpc) is 2.53. The molecular formula is C11H15N3O. The van der Waals surface area contributed by atoms with Crippen LogP contribution in [0, 0.1) is 6.92 Å². The van der Waals surface area contributed by atoms with Gasteiger partial charge in [0.25, 0.3) is 0 Å². The summed E-state index contributed by atoms with van der Waals surface area (Å²) in [5, 5.41) is 5.49. The first-order valence-electron chi connectivity index (χ1n) is 4.88. The second-order valence-electron chi connectivity index (χ2n) is 3.57. The largest absolute Gasteiger partial charge is 0.494 e. The first kappa shape index (κ1) is 9.98. The Kier molecular flexibility index (Phi) is 2.36. The molecule has 0 spiro atoms. The van der Waals surface area contributed by atoms with E-state index in [1.165, 1.54) is 0 Å². The van der Waals surface area contributed by atoms with Crippen molar-refractivity contribution in [2.45, 2.75) is 13.5 Å². The van der Waals surface area contributed by atoms with Crippen molar-refractivity contribution in [1.29, 1.82) is 0 Å². The highest BCUT2D eigenvalue weighted by molar-refractivity contribution is 5.88. The maximum absolute atomic E-state index is 5.66. The third kappa shape index (κ3) is 1.37. The van der Waals surface area contributed by atoms with E-state index in [2.05, 4.69) is 5.10 Å². The van der Waals surface area contributed by atoms with Gasteiger partial charge in [0.2, 0.25) is 0 Å². The van der Waals surface area contributed by atoms with Crippen LogP contribution in [-0.2, 0) is 13.6 Å². The smallest absolute Gasteiger partial charge is 0.149 e. The summed E-state index contributed by atoms with van der Waals surface area (Å²) in [5.41, 5.74) is 8.69. The van der Waals surface area contributed by atoms with Crippen molar-refractivity contribution in [3.63, 3.8) is 0 Å². The second-order valence-corrected chi connectivity index (χ2v) is 3.57. The number of hydrogen-bond donors (Lipinski definition) is 1. The molecule has 4 heteroatoms. The standard InChI is InChI=1S/C11H15N3O/c1-7-9-5-4-8(6-12)11(15-3)10(9)14(2)13-7/h4-5H,6,12H2,1-3H3. The summed E-state index contributed by atoms with van der Waals surface area (Å²) in [4.78, 5) is 0. The van der Waals surface area contributed by atoms with Crippen LogP contribution >= 0.6 is 0 Å². The van der Waals surface area contributed by atoms with Gasteiger partial charge in [-0.3, -0.25) is 4.68 Å². The minimum Gasteiger partial charge on any atom is -0.494 e. The Morgan fingerprint density at radius 2 is 2.20 bits per heavy atom. The number of benzene rings is 1. The lowest BCUT2D eigenvalue weighted by Gasteiger charge is -2.08. The lowest BCUT2D eigenvalue weighted by molar-refractivity contribution is 0.412. The van der Waals surface area contributed by atoms with E-state index < -0.39 is 0 Å². The molecule has 2 rings (SSSR count). The van der Waals surface area contributed by atoms with Crippen LogP contribution in [0.2, 0.25) is 0 Å². The molecule has 1 aromatic carbocycles. The fourth-order valence-electron chi connectivity index (χ4n) is 1.94. The van der Waals surface area contributed by atoms with Gasteiger partial charge in [0.1, 0.15) is 11.3 Å². The highest BCUT2D eigenvalue weighted by Gasteiger charge is 2.13. The number of aromatic nitrogens is 2. The van der Waals surface area contributed by atoms with Crippen molar-refractivity contribution >= 4 is 10.9 Å².